The van der Waals surface area contributed by atoms with Gasteiger partial charge in [0.1, 0.15) is 5.75 Å². The molecule has 11 heteroatoms. The largest absolute Gasteiger partial charge is 0.508 e. The van der Waals surface area contributed by atoms with Crippen molar-refractivity contribution in [2.24, 2.45) is 5.10 Å². The third kappa shape index (κ3) is 3.61. The molecule has 0 radical (unpaired) electrons. The number of hydrazone groups is 1. The van der Waals surface area contributed by atoms with E-state index >= 15 is 0 Å². The van der Waals surface area contributed by atoms with Crippen LogP contribution in [0.4, 0.5) is 5.82 Å². The highest BCUT2D eigenvalue weighted by molar-refractivity contribution is 6.00. The van der Waals surface area contributed by atoms with Crippen molar-refractivity contribution in [2.75, 3.05) is 5.73 Å². The topological polar surface area (TPSA) is 157 Å². The van der Waals surface area contributed by atoms with Crippen LogP contribution in [0.25, 0.3) is 5.82 Å². The summed E-state index contributed by atoms with van der Waals surface area (Å²) in [7, 11) is 0. The molecule has 3 aromatic rings. The molecule has 0 aliphatic heterocycles. The molecular formula is C16H18N8O3. The Morgan fingerprint density at radius 2 is 2.15 bits per heavy atom. The molecule has 1 aromatic carbocycles. The maximum absolute atomic E-state index is 12.6. The monoisotopic (exact) mass is 370 g/mol. The Kier molecular flexibility index (Phi) is 4.83. The van der Waals surface area contributed by atoms with Gasteiger partial charge in [0.2, 0.25) is 11.6 Å². The molecule has 140 valence electrons. The van der Waals surface area contributed by atoms with Crippen molar-refractivity contribution in [2.45, 2.75) is 26.7 Å². The molecule has 11 nitrogen and oxygen atoms in total. The van der Waals surface area contributed by atoms with Crippen LogP contribution in [-0.2, 0) is 0 Å². The lowest BCUT2D eigenvalue weighted by Crippen LogP contribution is -2.22. The number of benzene rings is 1. The lowest BCUT2D eigenvalue weighted by atomic mass is 10.1. The van der Waals surface area contributed by atoms with Crippen LogP contribution in [0.1, 0.15) is 48.4 Å². The molecule has 0 unspecified atom stereocenters. The molecule has 4 N–H and O–H groups in total. The number of rotatable bonds is 5. The van der Waals surface area contributed by atoms with Gasteiger partial charge in [-0.05, 0) is 35.3 Å². The van der Waals surface area contributed by atoms with E-state index in [2.05, 4.69) is 35.8 Å². The summed E-state index contributed by atoms with van der Waals surface area (Å²) in [5, 5.41) is 28.7. The molecule has 0 spiro atoms. The molecule has 27 heavy (non-hydrogen) atoms. The Morgan fingerprint density at radius 3 is 2.78 bits per heavy atom. The van der Waals surface area contributed by atoms with Crippen LogP contribution in [0.5, 0.6) is 5.75 Å². The zero-order chi connectivity index (χ0) is 19.6. The predicted octanol–water partition coefficient (Wildman–Crippen LogP) is 1.22. The average Bonchev–Trinajstić information content (AvgIpc) is 3.25. The first-order valence-corrected chi connectivity index (χ1v) is 8.06. The minimum Gasteiger partial charge on any atom is -0.508 e. The van der Waals surface area contributed by atoms with Gasteiger partial charge in [0.25, 0.3) is 5.91 Å². The van der Waals surface area contributed by atoms with Gasteiger partial charge in [0.05, 0.1) is 11.4 Å². The fourth-order valence-electron chi connectivity index (χ4n) is 2.45. The molecule has 2 heterocycles. The first-order chi connectivity index (χ1) is 12.9. The van der Waals surface area contributed by atoms with Crippen LogP contribution >= 0.6 is 0 Å². The van der Waals surface area contributed by atoms with E-state index in [1.54, 1.807) is 31.2 Å². The number of nitrogens with zero attached hydrogens (tertiary/aromatic N) is 6. The maximum Gasteiger partial charge on any atom is 0.293 e. The second kappa shape index (κ2) is 7.23. The second-order valence-corrected chi connectivity index (χ2v) is 6.05. The van der Waals surface area contributed by atoms with Gasteiger partial charge in [0, 0.05) is 5.56 Å². The number of aromatic nitrogens is 5. The van der Waals surface area contributed by atoms with Crippen LogP contribution in [0, 0.1) is 0 Å². The Morgan fingerprint density at radius 1 is 1.37 bits per heavy atom. The minimum absolute atomic E-state index is 0.0338. The van der Waals surface area contributed by atoms with E-state index in [0.29, 0.717) is 17.0 Å². The summed E-state index contributed by atoms with van der Waals surface area (Å²) in [6.07, 6.45) is 0. The van der Waals surface area contributed by atoms with Gasteiger partial charge in [-0.3, -0.25) is 4.79 Å². The quantitative estimate of drug-likeness (QED) is 0.447. The van der Waals surface area contributed by atoms with Crippen molar-refractivity contribution in [1.29, 1.82) is 0 Å². The van der Waals surface area contributed by atoms with Crippen molar-refractivity contribution in [3.63, 3.8) is 0 Å². The third-order valence-electron chi connectivity index (χ3n) is 3.75. The second-order valence-electron chi connectivity index (χ2n) is 6.05. The van der Waals surface area contributed by atoms with E-state index in [4.69, 9.17) is 5.73 Å². The summed E-state index contributed by atoms with van der Waals surface area (Å²) in [4.78, 5) is 12.6. The number of nitrogens with one attached hydrogen (secondary N) is 1. The number of phenols is 1. The molecule has 0 saturated carbocycles. The summed E-state index contributed by atoms with van der Waals surface area (Å²) in [5.74, 6) is -0.360. The van der Waals surface area contributed by atoms with E-state index in [9.17, 15) is 9.90 Å². The molecule has 3 rings (SSSR count). The Hall–Kier alpha value is -3.76. The average molecular weight is 370 g/mol. The summed E-state index contributed by atoms with van der Waals surface area (Å²) >= 11 is 0. The molecule has 0 saturated heterocycles. The van der Waals surface area contributed by atoms with Crippen LogP contribution in [-0.4, -0.2) is 42.0 Å². The molecule has 1 amide bonds. The number of aromatic hydroxyl groups is 1. The normalized spacial score (nSPS) is 11.8. The van der Waals surface area contributed by atoms with Gasteiger partial charge in [-0.25, -0.2) is 10.1 Å². The van der Waals surface area contributed by atoms with Gasteiger partial charge in [-0.1, -0.05) is 31.2 Å². The fraction of sp³-hybridized carbons (Fsp3) is 0.250. The van der Waals surface area contributed by atoms with Crippen LogP contribution in [0.15, 0.2) is 34.0 Å². The van der Waals surface area contributed by atoms with Crippen molar-refractivity contribution in [3.05, 3.63) is 41.2 Å². The molecular weight excluding hydrogens is 352 g/mol. The summed E-state index contributed by atoms with van der Waals surface area (Å²) in [5.41, 5.74) is 9.91. The van der Waals surface area contributed by atoms with Crippen LogP contribution in [0.2, 0.25) is 0 Å². The molecule has 0 fully saturated rings. The van der Waals surface area contributed by atoms with Crippen LogP contribution in [0.3, 0.4) is 0 Å². The first-order valence-electron chi connectivity index (χ1n) is 8.06. The molecule has 0 bridgehead atoms. The standard InChI is InChI=1S/C16H18N8O3/c1-8(2)13-12(19-23-24(13)15-14(17)21-27-22-15)16(26)20-18-9(3)10-5-4-6-11(25)7-10/h4-8,25H,1-3H3,(H2,17,21)(H,20,26). The number of amides is 1. The Labute approximate surface area is 153 Å². The smallest absolute Gasteiger partial charge is 0.293 e. The van der Waals surface area contributed by atoms with E-state index in [1.807, 2.05) is 13.8 Å². The molecule has 0 aliphatic carbocycles. The van der Waals surface area contributed by atoms with E-state index in [-0.39, 0.29) is 29.0 Å². The third-order valence-corrected chi connectivity index (χ3v) is 3.75. The number of nitrogen functional groups attached to an aromatic ring is 1. The van der Waals surface area contributed by atoms with Gasteiger partial charge in [-0.15, -0.1) is 5.10 Å². The highest BCUT2D eigenvalue weighted by atomic mass is 16.6. The lowest BCUT2D eigenvalue weighted by Gasteiger charge is -2.08. The summed E-state index contributed by atoms with van der Waals surface area (Å²) in [6, 6.07) is 6.54. The first kappa shape index (κ1) is 18.0. The number of carbonyl (C=O) groups excluding carboxylic acids is 1. The van der Waals surface area contributed by atoms with Gasteiger partial charge in [-0.2, -0.15) is 9.78 Å². The Balaban J connectivity index is 1.88. The van der Waals surface area contributed by atoms with Gasteiger partial charge in [0.15, 0.2) is 5.69 Å². The minimum atomic E-state index is -0.542. The van der Waals surface area contributed by atoms with Crippen molar-refractivity contribution in [3.8, 4) is 11.6 Å². The number of carbonyl (C=O) groups is 1. The zero-order valence-electron chi connectivity index (χ0n) is 14.9. The Bertz CT molecular complexity index is 1000. The van der Waals surface area contributed by atoms with Crippen molar-refractivity contribution in [1.82, 2.24) is 30.7 Å². The fourth-order valence-corrected chi connectivity index (χ4v) is 2.45. The summed E-state index contributed by atoms with van der Waals surface area (Å²) in [6.45, 7) is 5.45. The van der Waals surface area contributed by atoms with Crippen molar-refractivity contribution < 1.29 is 14.5 Å². The molecule has 0 aliphatic rings. The maximum atomic E-state index is 12.6. The van der Waals surface area contributed by atoms with E-state index in [1.165, 1.54) is 4.68 Å². The predicted molar refractivity (Wildman–Crippen MR) is 95.5 cm³/mol. The van der Waals surface area contributed by atoms with E-state index in [0.717, 1.165) is 0 Å². The lowest BCUT2D eigenvalue weighted by molar-refractivity contribution is 0.0948. The number of nitrogens with two attached hydrogens (primary N) is 1. The number of hydrogen-bond acceptors (Lipinski definition) is 9. The molecule has 2 aromatic heterocycles. The number of hydrogen-bond donors (Lipinski definition) is 3. The SMILES string of the molecule is CC(=NNC(=O)c1nnn(-c2nonc2N)c1C(C)C)c1cccc(O)c1. The zero-order valence-corrected chi connectivity index (χ0v) is 14.9. The van der Waals surface area contributed by atoms with Crippen molar-refractivity contribution >= 4 is 17.4 Å². The number of anilines is 1. The molecule has 0 atom stereocenters. The van der Waals surface area contributed by atoms with Crippen LogP contribution < -0.4 is 11.2 Å². The van der Waals surface area contributed by atoms with E-state index < -0.39 is 5.91 Å². The van der Waals surface area contributed by atoms with Gasteiger partial charge >= 0.3 is 0 Å². The number of phenolic OH excluding ortho intramolecular Hbond substituents is 1. The van der Waals surface area contributed by atoms with Gasteiger partial charge < -0.3 is 10.8 Å². The highest BCUT2D eigenvalue weighted by Gasteiger charge is 2.25. The highest BCUT2D eigenvalue weighted by Crippen LogP contribution is 2.22. The summed E-state index contributed by atoms with van der Waals surface area (Å²) < 4.78 is 5.90.